The Morgan fingerprint density at radius 1 is 0.952 bits per heavy atom. The van der Waals surface area contributed by atoms with Crippen molar-refractivity contribution in [3.63, 3.8) is 0 Å². The Kier molecular flexibility index (Phi) is 5.54. The molecule has 0 amide bonds. The summed E-state index contributed by atoms with van der Waals surface area (Å²) in [6.45, 7) is 5.88. The van der Waals surface area contributed by atoms with Crippen molar-refractivity contribution in [2.45, 2.75) is 19.4 Å². The second kappa shape index (κ2) is 7.39. The molecular weight excluding hydrogens is 258 g/mol. The predicted octanol–water partition coefficient (Wildman–Crippen LogP) is 3.82. The van der Waals surface area contributed by atoms with Crippen molar-refractivity contribution in [2.75, 3.05) is 20.2 Å². The van der Waals surface area contributed by atoms with Crippen LogP contribution < -0.4 is 5.32 Å². The molecule has 0 bridgehead atoms. The van der Waals surface area contributed by atoms with Gasteiger partial charge in [-0.1, -0.05) is 67.6 Å². The van der Waals surface area contributed by atoms with Gasteiger partial charge in [-0.15, -0.1) is 0 Å². The van der Waals surface area contributed by atoms with E-state index in [0.717, 1.165) is 6.54 Å². The molecule has 21 heavy (non-hydrogen) atoms. The molecule has 2 aromatic carbocycles. The molecule has 2 heteroatoms. The van der Waals surface area contributed by atoms with Crippen molar-refractivity contribution in [3.05, 3.63) is 71.8 Å². The monoisotopic (exact) mass is 283 g/mol. The highest BCUT2D eigenvalue weighted by molar-refractivity contribution is 5.37. The number of hydrogen-bond donors (Lipinski definition) is 1. The third kappa shape index (κ3) is 3.17. The van der Waals surface area contributed by atoms with Gasteiger partial charge in [0.25, 0.3) is 0 Å². The van der Waals surface area contributed by atoms with Crippen LogP contribution >= 0.6 is 0 Å². The summed E-state index contributed by atoms with van der Waals surface area (Å²) in [6, 6.07) is 21.1. The topological polar surface area (TPSA) is 21.3 Å². The molecule has 0 aliphatic rings. The van der Waals surface area contributed by atoms with Crippen molar-refractivity contribution in [3.8, 4) is 0 Å². The lowest BCUT2D eigenvalue weighted by Gasteiger charge is -2.40. The van der Waals surface area contributed by atoms with Gasteiger partial charge in [0.2, 0.25) is 0 Å². The first kappa shape index (κ1) is 15.7. The van der Waals surface area contributed by atoms with Crippen LogP contribution in [0.25, 0.3) is 0 Å². The largest absolute Gasteiger partial charge is 0.365 e. The first-order valence-electron chi connectivity index (χ1n) is 7.65. The van der Waals surface area contributed by atoms with E-state index in [-0.39, 0.29) is 0 Å². The van der Waals surface area contributed by atoms with Crippen LogP contribution in [-0.4, -0.2) is 20.2 Å². The van der Waals surface area contributed by atoms with Gasteiger partial charge in [0.15, 0.2) is 0 Å². The fraction of sp³-hybridized carbons (Fsp3) is 0.368. The zero-order chi connectivity index (χ0) is 15.1. The van der Waals surface area contributed by atoms with E-state index in [4.69, 9.17) is 4.74 Å². The van der Waals surface area contributed by atoms with E-state index in [1.165, 1.54) is 11.1 Å². The van der Waals surface area contributed by atoms with Crippen molar-refractivity contribution in [1.29, 1.82) is 0 Å². The van der Waals surface area contributed by atoms with Crippen LogP contribution in [0.15, 0.2) is 60.7 Å². The number of ether oxygens (including phenoxy) is 1. The normalized spacial score (nSPS) is 13.1. The fourth-order valence-electron chi connectivity index (χ4n) is 3.09. The van der Waals surface area contributed by atoms with Gasteiger partial charge < -0.3 is 10.1 Å². The Morgan fingerprint density at radius 3 is 1.81 bits per heavy atom. The fourth-order valence-corrected chi connectivity index (χ4v) is 3.09. The van der Waals surface area contributed by atoms with E-state index in [2.05, 4.69) is 67.7 Å². The molecule has 112 valence electrons. The third-order valence-corrected chi connectivity index (χ3v) is 3.98. The quantitative estimate of drug-likeness (QED) is 0.834. The Hall–Kier alpha value is -1.64. The number of rotatable bonds is 7. The van der Waals surface area contributed by atoms with E-state index < -0.39 is 5.60 Å². The number of hydrogen-bond acceptors (Lipinski definition) is 2. The van der Waals surface area contributed by atoms with Crippen LogP contribution in [-0.2, 0) is 10.3 Å². The number of benzene rings is 2. The zero-order valence-corrected chi connectivity index (χ0v) is 13.2. The van der Waals surface area contributed by atoms with Gasteiger partial charge in [-0.05, 0) is 25.1 Å². The molecule has 0 saturated heterocycles. The van der Waals surface area contributed by atoms with Gasteiger partial charge in [-0.2, -0.15) is 0 Å². The van der Waals surface area contributed by atoms with Crippen molar-refractivity contribution in [1.82, 2.24) is 5.32 Å². The maximum Gasteiger partial charge on any atom is 0.122 e. The molecule has 2 rings (SSSR count). The Balaban J connectivity index is 2.60. The van der Waals surface area contributed by atoms with Crippen LogP contribution in [0.1, 0.15) is 25.0 Å². The molecule has 1 atom stereocenters. The lowest BCUT2D eigenvalue weighted by Crippen LogP contribution is -2.42. The molecular formula is C19H25NO. The van der Waals surface area contributed by atoms with E-state index >= 15 is 0 Å². The summed E-state index contributed by atoms with van der Waals surface area (Å²) >= 11 is 0. The highest BCUT2D eigenvalue weighted by atomic mass is 16.5. The standard InChI is InChI=1S/C19H25NO/c1-4-21-19(16(2)15-20-3,17-11-7-5-8-12-17)18-13-9-6-10-14-18/h5-14,16,20H,4,15H2,1-3H3. The average Bonchev–Trinajstić information content (AvgIpc) is 2.54. The molecule has 0 heterocycles. The molecule has 0 aliphatic heterocycles. The van der Waals surface area contributed by atoms with E-state index in [9.17, 15) is 0 Å². The maximum absolute atomic E-state index is 6.38. The van der Waals surface area contributed by atoms with Crippen molar-refractivity contribution < 1.29 is 4.74 Å². The van der Waals surface area contributed by atoms with Crippen LogP contribution in [0.3, 0.4) is 0 Å². The molecule has 0 fully saturated rings. The summed E-state index contributed by atoms with van der Waals surface area (Å²) in [5.74, 6) is 0.312. The Labute approximate surface area is 128 Å². The summed E-state index contributed by atoms with van der Waals surface area (Å²) in [7, 11) is 1.99. The summed E-state index contributed by atoms with van der Waals surface area (Å²) in [4.78, 5) is 0. The van der Waals surface area contributed by atoms with Gasteiger partial charge in [0, 0.05) is 19.1 Å². The Bertz CT molecular complexity index is 484. The first-order valence-corrected chi connectivity index (χ1v) is 7.65. The van der Waals surface area contributed by atoms with Crippen molar-refractivity contribution in [2.24, 2.45) is 5.92 Å². The molecule has 0 aliphatic carbocycles. The van der Waals surface area contributed by atoms with Gasteiger partial charge in [-0.3, -0.25) is 0 Å². The molecule has 0 aromatic heterocycles. The molecule has 1 unspecified atom stereocenters. The molecule has 2 nitrogen and oxygen atoms in total. The van der Waals surface area contributed by atoms with Gasteiger partial charge >= 0.3 is 0 Å². The highest BCUT2D eigenvalue weighted by Crippen LogP contribution is 2.40. The molecule has 1 N–H and O–H groups in total. The minimum Gasteiger partial charge on any atom is -0.365 e. The van der Waals surface area contributed by atoms with E-state index in [0.29, 0.717) is 12.5 Å². The summed E-state index contributed by atoms with van der Waals surface area (Å²) < 4.78 is 6.38. The average molecular weight is 283 g/mol. The smallest absolute Gasteiger partial charge is 0.122 e. The van der Waals surface area contributed by atoms with Gasteiger partial charge in [0.05, 0.1) is 0 Å². The van der Waals surface area contributed by atoms with Gasteiger partial charge in [0.1, 0.15) is 5.60 Å². The summed E-state index contributed by atoms with van der Waals surface area (Å²) in [5, 5.41) is 3.29. The van der Waals surface area contributed by atoms with Crippen LogP contribution in [0.4, 0.5) is 0 Å². The lowest BCUT2D eigenvalue weighted by molar-refractivity contribution is -0.0502. The van der Waals surface area contributed by atoms with E-state index in [1.807, 2.05) is 19.2 Å². The van der Waals surface area contributed by atoms with Crippen LogP contribution in [0, 0.1) is 5.92 Å². The molecule has 0 spiro atoms. The van der Waals surface area contributed by atoms with Crippen LogP contribution in [0.2, 0.25) is 0 Å². The number of nitrogens with one attached hydrogen (secondary N) is 1. The minimum atomic E-state index is -0.416. The zero-order valence-electron chi connectivity index (χ0n) is 13.2. The SMILES string of the molecule is CCOC(c1ccccc1)(c1ccccc1)C(C)CNC. The molecule has 0 radical (unpaired) electrons. The summed E-state index contributed by atoms with van der Waals surface area (Å²) in [5.41, 5.74) is 2.00. The Morgan fingerprint density at radius 2 is 1.43 bits per heavy atom. The molecule has 0 saturated carbocycles. The predicted molar refractivity (Wildman–Crippen MR) is 88.4 cm³/mol. The maximum atomic E-state index is 6.38. The molecule has 2 aromatic rings. The van der Waals surface area contributed by atoms with Crippen molar-refractivity contribution >= 4 is 0 Å². The minimum absolute atomic E-state index is 0.312. The second-order valence-electron chi connectivity index (χ2n) is 5.36. The third-order valence-electron chi connectivity index (χ3n) is 3.98. The van der Waals surface area contributed by atoms with Crippen LogP contribution in [0.5, 0.6) is 0 Å². The highest BCUT2D eigenvalue weighted by Gasteiger charge is 2.40. The second-order valence-corrected chi connectivity index (χ2v) is 5.36. The summed E-state index contributed by atoms with van der Waals surface area (Å²) in [6.07, 6.45) is 0. The first-order chi connectivity index (χ1) is 10.3. The van der Waals surface area contributed by atoms with E-state index in [1.54, 1.807) is 0 Å². The van der Waals surface area contributed by atoms with Gasteiger partial charge in [-0.25, -0.2) is 0 Å². The lowest BCUT2D eigenvalue weighted by atomic mass is 9.76.